The Morgan fingerprint density at radius 1 is 1.06 bits per heavy atom. The zero-order valence-electron chi connectivity index (χ0n) is 17.0. The fourth-order valence-electron chi connectivity index (χ4n) is 3.19. The van der Waals surface area contributed by atoms with Crippen LogP contribution in [0.3, 0.4) is 0 Å². The highest BCUT2D eigenvalue weighted by molar-refractivity contribution is 9.10. The summed E-state index contributed by atoms with van der Waals surface area (Å²) in [6.45, 7) is 5.91. The molecule has 0 radical (unpaired) electrons. The van der Waals surface area contributed by atoms with Crippen molar-refractivity contribution in [2.75, 3.05) is 0 Å². The first-order chi connectivity index (χ1) is 14.7. The fraction of sp³-hybridized carbons (Fsp3) is 0.300. The third-order valence-corrected chi connectivity index (χ3v) is 5.30. The first kappa shape index (κ1) is 21.3. The zero-order valence-corrected chi connectivity index (χ0v) is 18.6. The number of benzene rings is 1. The Balaban J connectivity index is 1.85. The van der Waals surface area contributed by atoms with Crippen molar-refractivity contribution in [3.05, 3.63) is 63.8 Å². The average molecular weight is 494 g/mol. The van der Waals surface area contributed by atoms with Crippen LogP contribution < -0.4 is 0 Å². The van der Waals surface area contributed by atoms with Gasteiger partial charge in [-0.1, -0.05) is 6.07 Å². The molecule has 3 aromatic heterocycles. The maximum atomic E-state index is 13.5. The van der Waals surface area contributed by atoms with Crippen LogP contribution in [0.25, 0.3) is 17.2 Å². The molecular weight excluding hydrogens is 475 g/mol. The molecule has 0 spiro atoms. The van der Waals surface area contributed by atoms with E-state index in [2.05, 4.69) is 36.2 Å². The molecule has 0 atom stereocenters. The number of aryl methyl sites for hydroxylation is 3. The van der Waals surface area contributed by atoms with Crippen molar-refractivity contribution >= 4 is 15.9 Å². The Labute approximate surface area is 184 Å². The molecule has 0 saturated carbocycles. The molecule has 3 heterocycles. The Bertz CT molecular complexity index is 1240. The van der Waals surface area contributed by atoms with Crippen molar-refractivity contribution in [1.29, 1.82) is 0 Å². The summed E-state index contributed by atoms with van der Waals surface area (Å²) < 4.78 is 45.3. The second kappa shape index (κ2) is 7.95. The summed E-state index contributed by atoms with van der Waals surface area (Å²) in [6, 6.07) is 6.73. The number of nitrogens with zero attached hydrogens (tertiary/aromatic N) is 7. The van der Waals surface area contributed by atoms with E-state index in [-0.39, 0.29) is 24.6 Å². The van der Waals surface area contributed by atoms with E-state index in [4.69, 9.17) is 0 Å². The van der Waals surface area contributed by atoms with Gasteiger partial charge >= 0.3 is 6.18 Å². The highest BCUT2D eigenvalue weighted by Crippen LogP contribution is 2.32. The Morgan fingerprint density at radius 3 is 2.42 bits per heavy atom. The highest BCUT2D eigenvalue weighted by Gasteiger charge is 2.36. The molecule has 1 aromatic carbocycles. The van der Waals surface area contributed by atoms with Gasteiger partial charge in [0.1, 0.15) is 17.9 Å². The van der Waals surface area contributed by atoms with E-state index in [0.29, 0.717) is 11.5 Å². The van der Waals surface area contributed by atoms with E-state index in [1.165, 1.54) is 4.68 Å². The molecule has 162 valence electrons. The van der Waals surface area contributed by atoms with Crippen molar-refractivity contribution in [2.45, 2.75) is 40.0 Å². The van der Waals surface area contributed by atoms with Crippen LogP contribution in [0.15, 0.2) is 41.1 Å². The molecule has 0 amide bonds. The van der Waals surface area contributed by atoms with Gasteiger partial charge in [-0.05, 0) is 66.0 Å². The lowest BCUT2D eigenvalue weighted by Crippen LogP contribution is -2.13. The lowest BCUT2D eigenvalue weighted by Gasteiger charge is -2.07. The van der Waals surface area contributed by atoms with Crippen molar-refractivity contribution in [3.8, 4) is 17.2 Å². The van der Waals surface area contributed by atoms with Crippen LogP contribution in [0, 0.1) is 13.8 Å². The molecule has 7 nitrogen and oxygen atoms in total. The summed E-state index contributed by atoms with van der Waals surface area (Å²) in [6.07, 6.45) is -1.11. The van der Waals surface area contributed by atoms with E-state index in [1.807, 2.05) is 32.0 Å². The number of hydrogen-bond acceptors (Lipinski definition) is 4. The number of halogens is 4. The second-order valence-electron chi connectivity index (χ2n) is 7.12. The lowest BCUT2D eigenvalue weighted by molar-refractivity contribution is -0.144. The summed E-state index contributed by atoms with van der Waals surface area (Å²) >= 11 is 3.34. The van der Waals surface area contributed by atoms with Crippen molar-refractivity contribution in [3.63, 3.8) is 0 Å². The highest BCUT2D eigenvalue weighted by atomic mass is 79.9. The molecule has 4 aromatic rings. The van der Waals surface area contributed by atoms with Gasteiger partial charge in [-0.15, -0.1) is 5.10 Å². The molecule has 0 fully saturated rings. The van der Waals surface area contributed by atoms with Gasteiger partial charge in [0.2, 0.25) is 0 Å². The minimum absolute atomic E-state index is 0.0841. The zero-order chi connectivity index (χ0) is 22.3. The normalized spacial score (nSPS) is 12.0. The van der Waals surface area contributed by atoms with Crippen LogP contribution in [0.2, 0.25) is 0 Å². The maximum absolute atomic E-state index is 13.5. The van der Waals surface area contributed by atoms with Crippen LogP contribution in [0.5, 0.6) is 0 Å². The molecule has 0 bridgehead atoms. The third kappa shape index (κ3) is 4.27. The Kier molecular flexibility index (Phi) is 5.46. The molecule has 11 heteroatoms. The van der Waals surface area contributed by atoms with E-state index in [0.717, 1.165) is 26.3 Å². The minimum atomic E-state index is -4.52. The van der Waals surface area contributed by atoms with Gasteiger partial charge in [0.15, 0.2) is 11.6 Å². The molecule has 0 N–H and O–H groups in total. The smallest absolute Gasteiger partial charge is 0.264 e. The molecule has 31 heavy (non-hydrogen) atoms. The monoisotopic (exact) mass is 493 g/mol. The van der Waals surface area contributed by atoms with Gasteiger partial charge in [-0.3, -0.25) is 9.36 Å². The molecule has 4 rings (SSSR count). The van der Waals surface area contributed by atoms with Crippen molar-refractivity contribution < 1.29 is 13.2 Å². The van der Waals surface area contributed by atoms with Crippen molar-refractivity contribution in [2.24, 2.45) is 0 Å². The summed E-state index contributed by atoms with van der Waals surface area (Å²) in [5, 5.41) is 12.9. The summed E-state index contributed by atoms with van der Waals surface area (Å²) in [4.78, 5) is 4.52. The van der Waals surface area contributed by atoms with Crippen LogP contribution in [0.1, 0.15) is 29.6 Å². The minimum Gasteiger partial charge on any atom is -0.264 e. The summed E-state index contributed by atoms with van der Waals surface area (Å²) in [5.74, 6) is 0.644. The van der Waals surface area contributed by atoms with Gasteiger partial charge < -0.3 is 0 Å². The molecule has 0 aliphatic rings. The molecule has 0 unspecified atom stereocenters. The summed E-state index contributed by atoms with van der Waals surface area (Å²) in [7, 11) is 0. The Hall–Kier alpha value is -2.95. The number of alkyl halides is 3. The molecule has 0 saturated heterocycles. The summed E-state index contributed by atoms with van der Waals surface area (Å²) in [5.41, 5.74) is 2.11. The molecule has 0 aliphatic carbocycles. The predicted molar refractivity (Wildman–Crippen MR) is 112 cm³/mol. The average Bonchev–Trinajstić information content (AvgIpc) is 3.41. The van der Waals surface area contributed by atoms with E-state index >= 15 is 0 Å². The first-order valence-electron chi connectivity index (χ1n) is 9.52. The quantitative estimate of drug-likeness (QED) is 0.400. The SMILES string of the molecule is CCn1nc(-c2nc(Cn3cc(Br)cn3)nn2-c2ccc(C)c(C)c2)cc1C(F)(F)F. The lowest BCUT2D eigenvalue weighted by atomic mass is 10.1. The fourth-order valence-corrected chi connectivity index (χ4v) is 3.52. The Morgan fingerprint density at radius 2 is 1.84 bits per heavy atom. The predicted octanol–water partition coefficient (Wildman–Crippen LogP) is 4.79. The molecule has 0 aliphatic heterocycles. The van der Waals surface area contributed by atoms with E-state index < -0.39 is 11.9 Å². The van der Waals surface area contributed by atoms with Crippen LogP contribution in [-0.4, -0.2) is 34.3 Å². The topological polar surface area (TPSA) is 66.3 Å². The number of aromatic nitrogens is 7. The number of hydrogen-bond donors (Lipinski definition) is 0. The standard InChI is InChI=1S/C20H19BrF3N7/c1-4-30-17(20(22,23)24)8-16(27-30)19-26-18(11-29-10-14(21)9-25-29)28-31(19)15-6-5-12(2)13(3)7-15/h5-10H,4,11H2,1-3H3. The third-order valence-electron chi connectivity index (χ3n) is 4.89. The largest absolute Gasteiger partial charge is 0.433 e. The second-order valence-corrected chi connectivity index (χ2v) is 8.03. The van der Waals surface area contributed by atoms with Gasteiger partial charge in [0.25, 0.3) is 0 Å². The van der Waals surface area contributed by atoms with Gasteiger partial charge in [-0.2, -0.15) is 23.4 Å². The van der Waals surface area contributed by atoms with Crippen LogP contribution >= 0.6 is 15.9 Å². The van der Waals surface area contributed by atoms with E-state index in [9.17, 15) is 13.2 Å². The van der Waals surface area contributed by atoms with Crippen LogP contribution in [0.4, 0.5) is 13.2 Å². The van der Waals surface area contributed by atoms with Crippen molar-refractivity contribution in [1.82, 2.24) is 34.3 Å². The first-order valence-corrected chi connectivity index (χ1v) is 10.3. The van der Waals surface area contributed by atoms with Gasteiger partial charge in [-0.25, -0.2) is 9.67 Å². The van der Waals surface area contributed by atoms with Gasteiger partial charge in [0.05, 0.1) is 16.4 Å². The van der Waals surface area contributed by atoms with E-state index in [1.54, 1.807) is 24.0 Å². The molecular formula is C20H19BrF3N7. The maximum Gasteiger partial charge on any atom is 0.433 e. The van der Waals surface area contributed by atoms with Gasteiger partial charge in [0, 0.05) is 12.7 Å². The number of rotatable bonds is 5. The van der Waals surface area contributed by atoms with Crippen LogP contribution in [-0.2, 0) is 19.3 Å².